The Morgan fingerprint density at radius 2 is 2.08 bits per heavy atom. The number of anilines is 1. The Balaban J connectivity index is 1.74. The van der Waals surface area contributed by atoms with E-state index in [1.165, 1.54) is 17.7 Å². The van der Waals surface area contributed by atoms with Crippen molar-refractivity contribution >= 4 is 33.1 Å². The Labute approximate surface area is 140 Å². The van der Waals surface area contributed by atoms with Gasteiger partial charge in [0.1, 0.15) is 22.8 Å². The van der Waals surface area contributed by atoms with Gasteiger partial charge in [0, 0.05) is 10.9 Å². The Hall–Kier alpha value is -2.61. The molecule has 3 aromatic rings. The number of nitrogens with zero attached hydrogens (tertiary/aromatic N) is 2. The van der Waals surface area contributed by atoms with Gasteiger partial charge in [0.05, 0.1) is 11.1 Å². The number of aryl methyl sites for hydroxylation is 2. The Kier molecular flexibility index (Phi) is 4.39. The number of amides is 1. The Morgan fingerprint density at radius 3 is 2.88 bits per heavy atom. The standard InChI is InChI=1S/C16H13F2N3O2S/c1-8-9(2)24-16-14(8)15(19-7-20-16)23-6-13(22)21-12-5-10(17)3-4-11(12)18/h3-5,7H,6H2,1-2H3,(H,21,22). The van der Waals surface area contributed by atoms with Crippen LogP contribution in [-0.2, 0) is 4.79 Å². The molecule has 8 heteroatoms. The molecular weight excluding hydrogens is 336 g/mol. The van der Waals surface area contributed by atoms with E-state index in [2.05, 4.69) is 15.3 Å². The smallest absolute Gasteiger partial charge is 0.262 e. The maximum absolute atomic E-state index is 13.5. The first-order valence-corrected chi connectivity index (χ1v) is 7.85. The van der Waals surface area contributed by atoms with Gasteiger partial charge in [-0.1, -0.05) is 0 Å². The van der Waals surface area contributed by atoms with Crippen molar-refractivity contribution in [1.82, 2.24) is 9.97 Å². The Morgan fingerprint density at radius 1 is 1.29 bits per heavy atom. The fourth-order valence-corrected chi connectivity index (χ4v) is 3.16. The summed E-state index contributed by atoms with van der Waals surface area (Å²) in [7, 11) is 0. The van der Waals surface area contributed by atoms with Gasteiger partial charge in [0.25, 0.3) is 5.91 Å². The summed E-state index contributed by atoms with van der Waals surface area (Å²) < 4.78 is 32.1. The predicted octanol–water partition coefficient (Wildman–Crippen LogP) is 3.60. The van der Waals surface area contributed by atoms with Crippen molar-refractivity contribution in [3.63, 3.8) is 0 Å². The number of thiophene rings is 1. The van der Waals surface area contributed by atoms with Crippen LogP contribution in [0.15, 0.2) is 24.5 Å². The van der Waals surface area contributed by atoms with Crippen molar-refractivity contribution in [2.75, 3.05) is 11.9 Å². The third-order valence-corrected chi connectivity index (χ3v) is 4.59. The highest BCUT2D eigenvalue weighted by atomic mass is 32.1. The number of hydrogen-bond donors (Lipinski definition) is 1. The molecule has 5 nitrogen and oxygen atoms in total. The van der Waals surface area contributed by atoms with Crippen LogP contribution in [-0.4, -0.2) is 22.5 Å². The molecule has 0 fully saturated rings. The van der Waals surface area contributed by atoms with Crippen LogP contribution in [0, 0.1) is 25.5 Å². The lowest BCUT2D eigenvalue weighted by Crippen LogP contribution is -2.21. The summed E-state index contributed by atoms with van der Waals surface area (Å²) >= 11 is 1.51. The maximum atomic E-state index is 13.5. The number of aromatic nitrogens is 2. The summed E-state index contributed by atoms with van der Waals surface area (Å²) in [4.78, 5) is 22.0. The first-order chi connectivity index (χ1) is 11.5. The minimum Gasteiger partial charge on any atom is -0.467 e. The lowest BCUT2D eigenvalue weighted by molar-refractivity contribution is -0.118. The van der Waals surface area contributed by atoms with E-state index in [4.69, 9.17) is 4.74 Å². The molecule has 0 unspecified atom stereocenters. The molecule has 24 heavy (non-hydrogen) atoms. The SMILES string of the molecule is Cc1sc2ncnc(OCC(=O)Nc3cc(F)ccc3F)c2c1C. The molecule has 0 aliphatic heterocycles. The van der Waals surface area contributed by atoms with Gasteiger partial charge in [-0.2, -0.15) is 0 Å². The summed E-state index contributed by atoms with van der Waals surface area (Å²) in [5.41, 5.74) is 0.751. The van der Waals surface area contributed by atoms with Crippen molar-refractivity contribution in [3.8, 4) is 5.88 Å². The summed E-state index contributed by atoms with van der Waals surface area (Å²) in [6.45, 7) is 3.51. The quantitative estimate of drug-likeness (QED) is 0.782. The molecular formula is C16H13F2N3O2S. The monoisotopic (exact) mass is 349 g/mol. The molecule has 1 amide bonds. The molecule has 1 aromatic carbocycles. The molecule has 0 spiro atoms. The normalized spacial score (nSPS) is 10.8. The second kappa shape index (κ2) is 6.48. The van der Waals surface area contributed by atoms with Crippen molar-refractivity contribution in [1.29, 1.82) is 0 Å². The third-order valence-electron chi connectivity index (χ3n) is 3.47. The first kappa shape index (κ1) is 16.3. The van der Waals surface area contributed by atoms with Crippen molar-refractivity contribution in [3.05, 3.63) is 46.6 Å². The summed E-state index contributed by atoms with van der Waals surface area (Å²) in [5.74, 6) is -1.69. The van der Waals surface area contributed by atoms with Gasteiger partial charge in [-0.05, 0) is 31.5 Å². The number of nitrogens with one attached hydrogen (secondary N) is 1. The van der Waals surface area contributed by atoms with Gasteiger partial charge in [-0.25, -0.2) is 18.7 Å². The van der Waals surface area contributed by atoms with E-state index in [1.54, 1.807) is 0 Å². The molecule has 2 aromatic heterocycles. The van der Waals surface area contributed by atoms with Crippen LogP contribution in [0.2, 0.25) is 0 Å². The van der Waals surface area contributed by atoms with Gasteiger partial charge >= 0.3 is 0 Å². The fourth-order valence-electron chi connectivity index (χ4n) is 2.17. The van der Waals surface area contributed by atoms with E-state index >= 15 is 0 Å². The molecule has 3 rings (SSSR count). The minimum atomic E-state index is -0.724. The number of benzene rings is 1. The molecule has 1 N–H and O–H groups in total. The highest BCUT2D eigenvalue weighted by molar-refractivity contribution is 7.18. The van der Waals surface area contributed by atoms with Gasteiger partial charge in [-0.3, -0.25) is 4.79 Å². The van der Waals surface area contributed by atoms with E-state index in [1.807, 2.05) is 13.8 Å². The molecule has 0 aliphatic rings. The molecule has 0 bridgehead atoms. The van der Waals surface area contributed by atoms with Crippen LogP contribution in [0.3, 0.4) is 0 Å². The molecule has 2 heterocycles. The van der Waals surface area contributed by atoms with Gasteiger partial charge in [0.2, 0.25) is 5.88 Å². The highest BCUT2D eigenvalue weighted by Gasteiger charge is 2.15. The number of hydrogen-bond acceptors (Lipinski definition) is 5. The van der Waals surface area contributed by atoms with Gasteiger partial charge < -0.3 is 10.1 Å². The zero-order valence-corrected chi connectivity index (χ0v) is 13.7. The number of carbonyl (C=O) groups is 1. The Bertz CT molecular complexity index is 927. The molecule has 0 saturated heterocycles. The first-order valence-electron chi connectivity index (χ1n) is 7.04. The van der Waals surface area contributed by atoms with Crippen LogP contribution >= 0.6 is 11.3 Å². The van der Waals surface area contributed by atoms with E-state index in [0.29, 0.717) is 0 Å². The maximum Gasteiger partial charge on any atom is 0.262 e. The molecule has 0 atom stereocenters. The molecule has 124 valence electrons. The second-order valence-corrected chi connectivity index (χ2v) is 6.31. The van der Waals surface area contributed by atoms with Crippen molar-refractivity contribution in [2.45, 2.75) is 13.8 Å². The van der Waals surface area contributed by atoms with E-state index in [-0.39, 0.29) is 18.2 Å². The lowest BCUT2D eigenvalue weighted by Gasteiger charge is -2.08. The highest BCUT2D eigenvalue weighted by Crippen LogP contribution is 2.33. The average Bonchev–Trinajstić information content (AvgIpc) is 2.84. The fraction of sp³-hybridized carbons (Fsp3) is 0.188. The van der Waals surface area contributed by atoms with Crippen LogP contribution in [0.25, 0.3) is 10.2 Å². The van der Waals surface area contributed by atoms with Crippen molar-refractivity contribution < 1.29 is 18.3 Å². The number of rotatable bonds is 4. The number of carbonyl (C=O) groups excluding carboxylic acids is 1. The molecule has 0 saturated carbocycles. The summed E-state index contributed by atoms with van der Waals surface area (Å²) in [6, 6.07) is 2.82. The molecule has 0 radical (unpaired) electrons. The summed E-state index contributed by atoms with van der Waals surface area (Å²) in [6.07, 6.45) is 1.36. The molecule has 0 aliphatic carbocycles. The van der Waals surface area contributed by atoms with Gasteiger partial charge in [-0.15, -0.1) is 11.3 Å². The van der Waals surface area contributed by atoms with E-state index in [0.717, 1.165) is 38.9 Å². The number of ether oxygens (including phenoxy) is 1. The zero-order valence-electron chi connectivity index (χ0n) is 12.9. The van der Waals surface area contributed by atoms with E-state index in [9.17, 15) is 13.6 Å². The third kappa shape index (κ3) is 3.18. The largest absolute Gasteiger partial charge is 0.467 e. The lowest BCUT2D eigenvalue weighted by atomic mass is 10.2. The van der Waals surface area contributed by atoms with Crippen LogP contribution < -0.4 is 10.1 Å². The van der Waals surface area contributed by atoms with Crippen molar-refractivity contribution in [2.24, 2.45) is 0 Å². The predicted molar refractivity (Wildman–Crippen MR) is 87.4 cm³/mol. The topological polar surface area (TPSA) is 64.1 Å². The van der Waals surface area contributed by atoms with Gasteiger partial charge in [0.15, 0.2) is 6.61 Å². The summed E-state index contributed by atoms with van der Waals surface area (Å²) in [5, 5.41) is 3.02. The van der Waals surface area contributed by atoms with E-state index < -0.39 is 17.5 Å². The van der Waals surface area contributed by atoms with Crippen LogP contribution in [0.4, 0.5) is 14.5 Å². The van der Waals surface area contributed by atoms with Crippen LogP contribution in [0.5, 0.6) is 5.88 Å². The zero-order chi connectivity index (χ0) is 17.3. The minimum absolute atomic E-state index is 0.237. The second-order valence-electron chi connectivity index (χ2n) is 5.10. The number of fused-ring (bicyclic) bond motifs is 1. The van der Waals surface area contributed by atoms with Crippen LogP contribution in [0.1, 0.15) is 10.4 Å². The average molecular weight is 349 g/mol. The number of halogens is 2.